The van der Waals surface area contributed by atoms with Crippen molar-refractivity contribution in [1.82, 2.24) is 20.7 Å². The van der Waals surface area contributed by atoms with Crippen molar-refractivity contribution in [2.45, 2.75) is 6.42 Å². The standard InChI is InChI=1S/C19H19N5O7/c25-16(11-20-18(27)13-4-6-14(7-5-13)24(29)30)22-8-2-9-23(22)17(26)12-21-19(28)15-3-1-10-31-15/h1,3-7,10H,2,8-9,11-12H2,(H,20,27)(H,21,28). The van der Waals surface area contributed by atoms with Crippen molar-refractivity contribution >= 4 is 29.3 Å². The van der Waals surface area contributed by atoms with Crippen molar-refractivity contribution in [2.24, 2.45) is 0 Å². The molecule has 0 unspecified atom stereocenters. The van der Waals surface area contributed by atoms with Crippen LogP contribution in [0, 0.1) is 10.1 Å². The average Bonchev–Trinajstić information content (AvgIpc) is 3.47. The van der Waals surface area contributed by atoms with Crippen LogP contribution >= 0.6 is 0 Å². The van der Waals surface area contributed by atoms with E-state index in [0.717, 1.165) is 0 Å². The minimum atomic E-state index is -0.582. The van der Waals surface area contributed by atoms with Crippen molar-refractivity contribution < 1.29 is 28.5 Å². The molecule has 0 saturated carbocycles. The zero-order chi connectivity index (χ0) is 22.4. The number of nitro groups is 1. The average molecular weight is 429 g/mol. The molecule has 1 aromatic carbocycles. The highest BCUT2D eigenvalue weighted by molar-refractivity contribution is 5.97. The maximum atomic E-state index is 12.5. The van der Waals surface area contributed by atoms with Gasteiger partial charge in [0.1, 0.15) is 0 Å². The number of amides is 4. The third-order valence-electron chi connectivity index (χ3n) is 4.49. The Labute approximate surface area is 175 Å². The van der Waals surface area contributed by atoms with E-state index in [-0.39, 0.29) is 30.1 Å². The van der Waals surface area contributed by atoms with Crippen molar-refractivity contribution in [3.63, 3.8) is 0 Å². The summed E-state index contributed by atoms with van der Waals surface area (Å²) < 4.78 is 4.95. The molecule has 2 aromatic rings. The Morgan fingerprint density at radius 2 is 1.52 bits per heavy atom. The van der Waals surface area contributed by atoms with Gasteiger partial charge in [0.15, 0.2) is 5.76 Å². The van der Waals surface area contributed by atoms with Crippen LogP contribution in [0.3, 0.4) is 0 Å². The molecule has 1 aliphatic rings. The summed E-state index contributed by atoms with van der Waals surface area (Å²) in [6.07, 6.45) is 1.89. The van der Waals surface area contributed by atoms with Crippen LogP contribution in [-0.2, 0) is 9.59 Å². The lowest BCUT2D eigenvalue weighted by molar-refractivity contribution is -0.384. The monoisotopic (exact) mass is 429 g/mol. The van der Waals surface area contributed by atoms with E-state index in [1.165, 1.54) is 46.6 Å². The number of benzene rings is 1. The Bertz CT molecular complexity index is 988. The quantitative estimate of drug-likeness (QED) is 0.474. The number of hydrogen-bond acceptors (Lipinski definition) is 7. The number of non-ortho nitro benzene ring substituents is 1. The zero-order valence-electron chi connectivity index (χ0n) is 16.3. The summed E-state index contributed by atoms with van der Waals surface area (Å²) in [4.78, 5) is 59.0. The maximum absolute atomic E-state index is 12.5. The van der Waals surface area contributed by atoms with Gasteiger partial charge in [-0.25, -0.2) is 10.0 Å². The van der Waals surface area contributed by atoms with Gasteiger partial charge in [-0.2, -0.15) is 0 Å². The van der Waals surface area contributed by atoms with Crippen molar-refractivity contribution in [1.29, 1.82) is 0 Å². The molecule has 1 fully saturated rings. The van der Waals surface area contributed by atoms with Crippen molar-refractivity contribution in [3.8, 4) is 0 Å². The molecule has 0 spiro atoms. The topological polar surface area (TPSA) is 155 Å². The number of nitrogens with zero attached hydrogens (tertiary/aromatic N) is 3. The van der Waals surface area contributed by atoms with Crippen LogP contribution in [0.1, 0.15) is 27.3 Å². The molecular formula is C19H19N5O7. The molecule has 1 aliphatic heterocycles. The van der Waals surface area contributed by atoms with Crippen LogP contribution in [0.15, 0.2) is 47.1 Å². The summed E-state index contributed by atoms with van der Waals surface area (Å²) in [6.45, 7) is -0.0849. The first-order valence-corrected chi connectivity index (χ1v) is 9.32. The number of carbonyl (C=O) groups excluding carboxylic acids is 4. The Morgan fingerprint density at radius 1 is 0.935 bits per heavy atom. The minimum Gasteiger partial charge on any atom is -0.459 e. The molecule has 0 atom stereocenters. The summed E-state index contributed by atoms with van der Waals surface area (Å²) in [6, 6.07) is 7.95. The third-order valence-corrected chi connectivity index (χ3v) is 4.49. The fourth-order valence-corrected chi connectivity index (χ4v) is 2.96. The minimum absolute atomic E-state index is 0.0658. The van der Waals surface area contributed by atoms with E-state index >= 15 is 0 Å². The lowest BCUT2D eigenvalue weighted by atomic mass is 10.2. The second-order valence-corrected chi connectivity index (χ2v) is 6.53. The molecule has 4 amide bonds. The molecule has 0 radical (unpaired) electrons. The predicted molar refractivity (Wildman–Crippen MR) is 105 cm³/mol. The number of hydrazine groups is 1. The van der Waals surface area contributed by atoms with Crippen LogP contribution in [0.4, 0.5) is 5.69 Å². The first-order chi connectivity index (χ1) is 14.9. The van der Waals surface area contributed by atoms with Gasteiger partial charge in [-0.3, -0.25) is 29.3 Å². The van der Waals surface area contributed by atoms with Crippen molar-refractivity contribution in [3.05, 3.63) is 64.1 Å². The van der Waals surface area contributed by atoms with Gasteiger partial charge in [0.25, 0.3) is 29.3 Å². The highest BCUT2D eigenvalue weighted by Gasteiger charge is 2.30. The van der Waals surface area contributed by atoms with Crippen LogP contribution in [-0.4, -0.2) is 64.7 Å². The SMILES string of the molecule is O=C(NCC(=O)N1CCCN1C(=O)CNC(=O)c1ccco1)c1ccc([N+](=O)[O-])cc1. The van der Waals surface area contributed by atoms with Gasteiger partial charge in [-0.05, 0) is 30.7 Å². The molecule has 0 aliphatic carbocycles. The molecule has 1 aromatic heterocycles. The third kappa shape index (κ3) is 5.23. The predicted octanol–water partition coefficient (Wildman–Crippen LogP) is 0.324. The first kappa shape index (κ1) is 21.5. The van der Waals surface area contributed by atoms with E-state index in [9.17, 15) is 29.3 Å². The fourth-order valence-electron chi connectivity index (χ4n) is 2.96. The molecule has 162 valence electrons. The van der Waals surface area contributed by atoms with Crippen LogP contribution in [0.25, 0.3) is 0 Å². The van der Waals surface area contributed by atoms with Crippen LogP contribution in [0.5, 0.6) is 0 Å². The van der Waals surface area contributed by atoms with E-state index in [0.29, 0.717) is 19.5 Å². The number of furan rings is 1. The number of nitro benzene ring substituents is 1. The van der Waals surface area contributed by atoms with Crippen molar-refractivity contribution in [2.75, 3.05) is 26.2 Å². The highest BCUT2D eigenvalue weighted by Crippen LogP contribution is 2.13. The van der Waals surface area contributed by atoms with Gasteiger partial charge in [0.2, 0.25) is 0 Å². The zero-order valence-corrected chi connectivity index (χ0v) is 16.3. The molecule has 0 bridgehead atoms. The summed E-state index contributed by atoms with van der Waals surface area (Å²) in [7, 11) is 0. The second kappa shape index (κ2) is 9.52. The van der Waals surface area contributed by atoms with Gasteiger partial charge in [0, 0.05) is 30.8 Å². The van der Waals surface area contributed by atoms with E-state index in [1.54, 1.807) is 6.07 Å². The van der Waals surface area contributed by atoms with Gasteiger partial charge in [-0.15, -0.1) is 0 Å². The lowest BCUT2D eigenvalue weighted by Crippen LogP contribution is -2.51. The molecule has 1 saturated heterocycles. The highest BCUT2D eigenvalue weighted by atomic mass is 16.6. The Hall–Kier alpha value is -4.22. The van der Waals surface area contributed by atoms with Crippen LogP contribution < -0.4 is 10.6 Å². The molecule has 12 nitrogen and oxygen atoms in total. The Morgan fingerprint density at radius 3 is 2.03 bits per heavy atom. The summed E-state index contributed by atoms with van der Waals surface area (Å²) in [5.74, 6) is -2.04. The number of nitrogens with one attached hydrogen (secondary N) is 2. The fraction of sp³-hybridized carbons (Fsp3) is 0.263. The normalized spacial score (nSPS) is 13.0. The first-order valence-electron chi connectivity index (χ1n) is 9.32. The summed E-state index contributed by atoms with van der Waals surface area (Å²) >= 11 is 0. The largest absolute Gasteiger partial charge is 0.459 e. The van der Waals surface area contributed by atoms with Gasteiger partial charge >= 0.3 is 0 Å². The molecule has 3 rings (SSSR count). The Balaban J connectivity index is 1.50. The van der Waals surface area contributed by atoms with E-state index in [4.69, 9.17) is 4.42 Å². The van der Waals surface area contributed by atoms with E-state index in [2.05, 4.69) is 10.6 Å². The number of rotatable bonds is 7. The number of carbonyl (C=O) groups is 4. The van der Waals surface area contributed by atoms with Gasteiger partial charge in [0.05, 0.1) is 24.3 Å². The Kier molecular flexibility index (Phi) is 6.60. The maximum Gasteiger partial charge on any atom is 0.287 e. The smallest absolute Gasteiger partial charge is 0.287 e. The number of hydrogen-bond donors (Lipinski definition) is 2. The van der Waals surface area contributed by atoms with Crippen LogP contribution in [0.2, 0.25) is 0 Å². The second-order valence-electron chi connectivity index (χ2n) is 6.53. The lowest BCUT2D eigenvalue weighted by Gasteiger charge is -2.28. The molecule has 31 heavy (non-hydrogen) atoms. The van der Waals surface area contributed by atoms with E-state index < -0.39 is 28.6 Å². The summed E-state index contributed by atoms with van der Waals surface area (Å²) in [5, 5.41) is 18.0. The van der Waals surface area contributed by atoms with E-state index in [1.807, 2.05) is 0 Å². The molecule has 12 heteroatoms. The molecule has 2 N–H and O–H groups in total. The molecular weight excluding hydrogens is 410 g/mol. The molecule has 2 heterocycles. The van der Waals surface area contributed by atoms with Gasteiger partial charge in [-0.1, -0.05) is 0 Å². The van der Waals surface area contributed by atoms with Gasteiger partial charge < -0.3 is 15.1 Å². The summed E-state index contributed by atoms with van der Waals surface area (Å²) in [5.41, 5.74) is 0.00591.